The second kappa shape index (κ2) is 8.97. The summed E-state index contributed by atoms with van der Waals surface area (Å²) in [6, 6.07) is 14.9. The molecule has 0 atom stereocenters. The average molecular weight is 499 g/mol. The van der Waals surface area contributed by atoms with Crippen LogP contribution in [0.15, 0.2) is 64.1 Å². The molecule has 0 saturated heterocycles. The van der Waals surface area contributed by atoms with E-state index in [2.05, 4.69) is 26.2 Å². The maximum atomic E-state index is 12.4. The van der Waals surface area contributed by atoms with Crippen LogP contribution in [0.4, 0.5) is 11.4 Å². The number of carbonyl (C=O) groups excluding carboxylic acids is 1. The monoisotopic (exact) mass is 496 g/mol. The highest BCUT2D eigenvalue weighted by Gasteiger charge is 2.11. The van der Waals surface area contributed by atoms with E-state index in [9.17, 15) is 9.90 Å². The first-order valence-electron chi connectivity index (χ1n) is 7.92. The van der Waals surface area contributed by atoms with Crippen LogP contribution in [0.2, 0.25) is 15.1 Å². The number of hydrogen-bond acceptors (Lipinski definition) is 3. The van der Waals surface area contributed by atoms with Gasteiger partial charge in [0.2, 0.25) is 0 Å². The topological polar surface area (TPSA) is 61.7 Å². The van der Waals surface area contributed by atoms with Crippen LogP contribution in [0.3, 0.4) is 0 Å². The van der Waals surface area contributed by atoms with Gasteiger partial charge < -0.3 is 10.4 Å². The van der Waals surface area contributed by atoms with Gasteiger partial charge in [0.25, 0.3) is 5.91 Å². The van der Waals surface area contributed by atoms with Crippen molar-refractivity contribution >= 4 is 74.2 Å². The van der Waals surface area contributed by atoms with E-state index in [0.717, 1.165) is 4.47 Å². The molecule has 0 radical (unpaired) electrons. The Bertz CT molecular complexity index is 1090. The van der Waals surface area contributed by atoms with E-state index in [4.69, 9.17) is 34.8 Å². The van der Waals surface area contributed by atoms with Gasteiger partial charge in [-0.1, -0.05) is 56.8 Å². The van der Waals surface area contributed by atoms with E-state index >= 15 is 0 Å². The number of aromatic hydroxyl groups is 1. The molecule has 1 amide bonds. The molecule has 0 heterocycles. The maximum absolute atomic E-state index is 12.4. The van der Waals surface area contributed by atoms with Gasteiger partial charge in [-0.2, -0.15) is 0 Å². The zero-order valence-corrected chi connectivity index (χ0v) is 17.9. The molecule has 0 aliphatic rings. The van der Waals surface area contributed by atoms with Crippen LogP contribution >= 0.6 is 50.7 Å². The van der Waals surface area contributed by atoms with Crippen molar-refractivity contribution in [2.24, 2.45) is 4.99 Å². The summed E-state index contributed by atoms with van der Waals surface area (Å²) in [4.78, 5) is 16.8. The van der Waals surface area contributed by atoms with E-state index in [0.29, 0.717) is 27.5 Å². The normalized spacial score (nSPS) is 11.0. The minimum Gasteiger partial charge on any atom is -0.506 e. The molecule has 0 aliphatic carbocycles. The molecule has 8 heteroatoms. The van der Waals surface area contributed by atoms with Crippen molar-refractivity contribution in [3.8, 4) is 5.75 Å². The molecule has 0 fully saturated rings. The fraction of sp³-hybridized carbons (Fsp3) is 0. The van der Waals surface area contributed by atoms with Gasteiger partial charge >= 0.3 is 0 Å². The Hall–Kier alpha value is -2.05. The summed E-state index contributed by atoms with van der Waals surface area (Å²) >= 11 is 21.2. The van der Waals surface area contributed by atoms with Gasteiger partial charge in [-0.25, -0.2) is 0 Å². The number of hydrogen-bond donors (Lipinski definition) is 2. The van der Waals surface area contributed by atoms with Crippen LogP contribution in [-0.4, -0.2) is 17.2 Å². The molecule has 0 spiro atoms. The zero-order chi connectivity index (χ0) is 20.3. The van der Waals surface area contributed by atoms with Crippen molar-refractivity contribution in [2.45, 2.75) is 0 Å². The number of benzene rings is 3. The molecular formula is C20H12BrCl3N2O2. The molecule has 0 saturated carbocycles. The fourth-order valence-corrected chi connectivity index (χ4v) is 3.69. The lowest BCUT2D eigenvalue weighted by molar-refractivity contribution is 0.102. The van der Waals surface area contributed by atoms with Crippen LogP contribution in [0.1, 0.15) is 15.9 Å². The van der Waals surface area contributed by atoms with Gasteiger partial charge in [-0.3, -0.25) is 9.79 Å². The maximum Gasteiger partial charge on any atom is 0.257 e. The molecule has 0 bridgehead atoms. The van der Waals surface area contributed by atoms with Crippen LogP contribution < -0.4 is 5.32 Å². The number of nitrogens with zero attached hydrogens (tertiary/aromatic N) is 1. The van der Waals surface area contributed by atoms with E-state index in [1.165, 1.54) is 12.3 Å². The van der Waals surface area contributed by atoms with Gasteiger partial charge in [0.15, 0.2) is 0 Å². The summed E-state index contributed by atoms with van der Waals surface area (Å²) in [7, 11) is 0. The van der Waals surface area contributed by atoms with Crippen molar-refractivity contribution in [3.05, 3.63) is 85.3 Å². The number of halogens is 4. The third kappa shape index (κ3) is 5.06. The smallest absolute Gasteiger partial charge is 0.257 e. The number of nitrogens with one attached hydrogen (secondary N) is 1. The van der Waals surface area contributed by atoms with Crippen LogP contribution in [0, 0.1) is 0 Å². The number of carbonyl (C=O) groups is 1. The van der Waals surface area contributed by atoms with Crippen LogP contribution in [0.5, 0.6) is 5.75 Å². The Morgan fingerprint density at radius 1 is 1.04 bits per heavy atom. The number of aliphatic imine (C=N–C) groups is 1. The highest BCUT2D eigenvalue weighted by atomic mass is 79.9. The second-order valence-corrected chi connectivity index (χ2v) is 7.88. The van der Waals surface area contributed by atoms with Gasteiger partial charge in [0, 0.05) is 27.0 Å². The van der Waals surface area contributed by atoms with Gasteiger partial charge in [0.05, 0.1) is 21.3 Å². The lowest BCUT2D eigenvalue weighted by Crippen LogP contribution is -2.12. The average Bonchev–Trinajstić information content (AvgIpc) is 2.63. The third-order valence-electron chi connectivity index (χ3n) is 3.69. The molecule has 3 aromatic rings. The van der Waals surface area contributed by atoms with Crippen LogP contribution in [-0.2, 0) is 0 Å². The predicted molar refractivity (Wildman–Crippen MR) is 119 cm³/mol. The Labute approximate surface area is 184 Å². The molecule has 0 unspecified atom stereocenters. The van der Waals surface area contributed by atoms with Crippen molar-refractivity contribution < 1.29 is 9.90 Å². The molecule has 3 aromatic carbocycles. The van der Waals surface area contributed by atoms with E-state index in [1.807, 2.05) is 0 Å². The van der Waals surface area contributed by atoms with E-state index < -0.39 is 0 Å². The number of phenols is 1. The number of anilines is 1. The molecule has 2 N–H and O–H groups in total. The van der Waals surface area contributed by atoms with Crippen molar-refractivity contribution in [1.29, 1.82) is 0 Å². The standard InChI is InChI=1S/C20H12BrCl3N2O2/c21-12-6-11(19(27)18(24)7-12)10-25-14-2-1-3-15(9-14)26-20(28)16-5-4-13(22)8-17(16)23/h1-10,27H,(H,26,28). The SMILES string of the molecule is O=C(Nc1cccc(N=Cc2cc(Br)cc(Cl)c2O)c1)c1ccc(Cl)cc1Cl. The zero-order valence-electron chi connectivity index (χ0n) is 14.1. The Balaban J connectivity index is 1.80. The molecular weight excluding hydrogens is 486 g/mol. The summed E-state index contributed by atoms with van der Waals surface area (Å²) in [5.74, 6) is -0.422. The first-order valence-corrected chi connectivity index (χ1v) is 9.85. The third-order valence-corrected chi connectivity index (χ3v) is 4.98. The highest BCUT2D eigenvalue weighted by Crippen LogP contribution is 2.31. The Morgan fingerprint density at radius 3 is 2.57 bits per heavy atom. The molecule has 0 aliphatic heterocycles. The number of amides is 1. The van der Waals surface area contributed by atoms with E-state index in [-0.39, 0.29) is 21.7 Å². The first kappa shape index (κ1) is 20.7. The molecule has 4 nitrogen and oxygen atoms in total. The van der Waals surface area contributed by atoms with Crippen LogP contribution in [0.25, 0.3) is 0 Å². The summed E-state index contributed by atoms with van der Waals surface area (Å²) < 4.78 is 0.720. The van der Waals surface area contributed by atoms with E-state index in [1.54, 1.807) is 48.5 Å². The highest BCUT2D eigenvalue weighted by molar-refractivity contribution is 9.10. The lowest BCUT2D eigenvalue weighted by atomic mass is 10.2. The number of rotatable bonds is 4. The summed E-state index contributed by atoms with van der Waals surface area (Å²) in [5, 5.41) is 13.7. The minimum atomic E-state index is -0.362. The van der Waals surface area contributed by atoms with Crippen molar-refractivity contribution in [2.75, 3.05) is 5.32 Å². The minimum absolute atomic E-state index is 0.0598. The van der Waals surface area contributed by atoms with Gasteiger partial charge in [-0.05, 0) is 48.5 Å². The molecule has 0 aromatic heterocycles. The Kier molecular flexibility index (Phi) is 6.62. The second-order valence-electron chi connectivity index (χ2n) is 5.71. The summed E-state index contributed by atoms with van der Waals surface area (Å²) in [6.07, 6.45) is 1.49. The predicted octanol–water partition coefficient (Wildman–Crippen LogP) is 7.12. The fourth-order valence-electron chi connectivity index (χ4n) is 2.36. The van der Waals surface area contributed by atoms with Gasteiger partial charge in [-0.15, -0.1) is 0 Å². The summed E-state index contributed by atoms with van der Waals surface area (Å²) in [6.45, 7) is 0. The first-order chi connectivity index (χ1) is 13.3. The van der Waals surface area contributed by atoms with Crippen molar-refractivity contribution in [1.82, 2.24) is 0 Å². The molecule has 3 rings (SSSR count). The Morgan fingerprint density at radius 2 is 1.82 bits per heavy atom. The summed E-state index contributed by atoms with van der Waals surface area (Å²) in [5.41, 5.74) is 1.90. The molecule has 28 heavy (non-hydrogen) atoms. The number of phenolic OH excluding ortho intramolecular Hbond substituents is 1. The van der Waals surface area contributed by atoms with Crippen molar-refractivity contribution in [3.63, 3.8) is 0 Å². The largest absolute Gasteiger partial charge is 0.506 e. The lowest BCUT2D eigenvalue weighted by Gasteiger charge is -2.08. The quantitative estimate of drug-likeness (QED) is 0.376. The molecule has 142 valence electrons. The van der Waals surface area contributed by atoms with Gasteiger partial charge in [0.1, 0.15) is 5.75 Å².